The molecule has 0 spiro atoms. The number of nitrogens with one attached hydrogen (secondary N) is 2. The number of benzene rings is 2. The van der Waals surface area contributed by atoms with Crippen molar-refractivity contribution in [2.75, 3.05) is 5.32 Å². The van der Waals surface area contributed by atoms with Crippen LogP contribution in [0.25, 0.3) is 10.6 Å². The quantitative estimate of drug-likeness (QED) is 0.708. The average molecular weight is 359 g/mol. The zero-order valence-electron chi connectivity index (χ0n) is 13.3. The van der Waals surface area contributed by atoms with E-state index in [2.05, 4.69) is 15.6 Å². The van der Waals surface area contributed by atoms with Gasteiger partial charge < -0.3 is 10.6 Å². The van der Waals surface area contributed by atoms with Crippen LogP contribution in [0.2, 0.25) is 0 Å². The van der Waals surface area contributed by atoms with Crippen molar-refractivity contribution in [1.82, 2.24) is 10.3 Å². The molecule has 0 aliphatic rings. The Kier molecular flexibility index (Phi) is 5.04. The van der Waals surface area contributed by atoms with Crippen LogP contribution in [0.1, 0.15) is 10.6 Å². The third-order valence-electron chi connectivity index (χ3n) is 3.50. The molecule has 25 heavy (non-hydrogen) atoms. The number of carbonyl (C=O) groups excluding carboxylic acids is 1. The molecule has 0 saturated heterocycles. The van der Waals surface area contributed by atoms with Crippen LogP contribution < -0.4 is 10.6 Å². The number of nitrogens with zero attached hydrogens (tertiary/aromatic N) is 1. The number of aromatic nitrogens is 1. The molecule has 0 bridgehead atoms. The fraction of sp³-hybridized carbons (Fsp3) is 0.111. The van der Waals surface area contributed by atoms with Gasteiger partial charge in [0.15, 0.2) is 0 Å². The van der Waals surface area contributed by atoms with E-state index in [1.165, 1.54) is 11.3 Å². The molecule has 3 aromatic rings. The summed E-state index contributed by atoms with van der Waals surface area (Å²) >= 11 is 1.48. The summed E-state index contributed by atoms with van der Waals surface area (Å²) in [6.45, 7) is 2.11. The molecule has 0 unspecified atom stereocenters. The zero-order chi connectivity index (χ0) is 17.8. The average Bonchev–Trinajstić information content (AvgIpc) is 2.98. The molecule has 0 aliphatic heterocycles. The first-order valence-electron chi connectivity index (χ1n) is 7.54. The van der Waals surface area contributed by atoms with E-state index in [4.69, 9.17) is 0 Å². The first-order valence-corrected chi connectivity index (χ1v) is 8.36. The Labute approximate surface area is 147 Å². The van der Waals surface area contributed by atoms with Crippen LogP contribution in [-0.2, 0) is 6.54 Å². The highest BCUT2D eigenvalue weighted by Gasteiger charge is 2.12. The Balaban J connectivity index is 1.64. The third-order valence-corrected chi connectivity index (χ3v) is 4.71. The largest absolute Gasteiger partial charge is 0.333 e. The molecule has 3 rings (SSSR count). The first-order chi connectivity index (χ1) is 12.0. The van der Waals surface area contributed by atoms with Crippen LogP contribution in [0.5, 0.6) is 0 Å². The summed E-state index contributed by atoms with van der Waals surface area (Å²) in [6.07, 6.45) is 0. The van der Waals surface area contributed by atoms with Crippen LogP contribution in [-0.4, -0.2) is 11.0 Å². The van der Waals surface area contributed by atoms with Gasteiger partial charge in [0, 0.05) is 16.5 Å². The van der Waals surface area contributed by atoms with E-state index in [0.717, 1.165) is 39.3 Å². The summed E-state index contributed by atoms with van der Waals surface area (Å²) in [5.41, 5.74) is 1.62. The summed E-state index contributed by atoms with van der Waals surface area (Å²) in [5.74, 6) is -1.32. The molecule has 0 saturated carbocycles. The molecule has 0 fully saturated rings. The van der Waals surface area contributed by atoms with Gasteiger partial charge in [0.25, 0.3) is 0 Å². The smallest absolute Gasteiger partial charge is 0.319 e. The van der Waals surface area contributed by atoms with Crippen LogP contribution in [0.3, 0.4) is 0 Å². The number of hydrogen-bond donors (Lipinski definition) is 2. The SMILES string of the molecule is Cc1nc(-c2ccccc2)sc1CNC(=O)Nc1cc(F)ccc1F. The Morgan fingerprint density at radius 2 is 1.92 bits per heavy atom. The second kappa shape index (κ2) is 7.40. The zero-order valence-corrected chi connectivity index (χ0v) is 14.2. The summed E-state index contributed by atoms with van der Waals surface area (Å²) < 4.78 is 26.7. The maximum atomic E-state index is 13.5. The maximum Gasteiger partial charge on any atom is 0.319 e. The van der Waals surface area contributed by atoms with Crippen molar-refractivity contribution >= 4 is 23.1 Å². The number of thiazole rings is 1. The van der Waals surface area contributed by atoms with Gasteiger partial charge in [-0.05, 0) is 19.1 Å². The predicted octanol–water partition coefficient (Wildman–Crippen LogP) is 4.72. The van der Waals surface area contributed by atoms with E-state index in [9.17, 15) is 13.6 Å². The van der Waals surface area contributed by atoms with Crippen molar-refractivity contribution in [3.63, 3.8) is 0 Å². The van der Waals surface area contributed by atoms with E-state index in [-0.39, 0.29) is 12.2 Å². The highest BCUT2D eigenvalue weighted by atomic mass is 32.1. The van der Waals surface area contributed by atoms with Gasteiger partial charge in [-0.2, -0.15) is 0 Å². The lowest BCUT2D eigenvalue weighted by molar-refractivity contribution is 0.251. The molecule has 0 radical (unpaired) electrons. The number of halogens is 2. The van der Waals surface area contributed by atoms with Gasteiger partial charge in [0.2, 0.25) is 0 Å². The van der Waals surface area contributed by atoms with E-state index in [1.807, 2.05) is 37.3 Å². The molecule has 2 amide bonds. The topological polar surface area (TPSA) is 54.0 Å². The van der Waals surface area contributed by atoms with Crippen molar-refractivity contribution < 1.29 is 13.6 Å². The second-order valence-corrected chi connectivity index (χ2v) is 6.41. The lowest BCUT2D eigenvalue weighted by Gasteiger charge is -2.08. The Bertz CT molecular complexity index is 897. The number of amides is 2. The van der Waals surface area contributed by atoms with E-state index >= 15 is 0 Å². The number of hydrogen-bond acceptors (Lipinski definition) is 3. The van der Waals surface area contributed by atoms with Gasteiger partial charge in [-0.15, -0.1) is 11.3 Å². The minimum absolute atomic E-state index is 0.205. The second-order valence-electron chi connectivity index (χ2n) is 5.33. The van der Waals surface area contributed by atoms with Crippen molar-refractivity contribution in [1.29, 1.82) is 0 Å². The van der Waals surface area contributed by atoms with Crippen molar-refractivity contribution in [2.24, 2.45) is 0 Å². The third kappa shape index (κ3) is 4.19. The van der Waals surface area contributed by atoms with Crippen LogP contribution in [0.15, 0.2) is 48.5 Å². The standard InChI is InChI=1S/C18H15F2N3OS/c1-11-16(25-17(22-11)12-5-3-2-4-6-12)10-21-18(24)23-15-9-13(19)7-8-14(15)20/h2-9H,10H2,1H3,(H2,21,23,24). The summed E-state index contributed by atoms with van der Waals surface area (Å²) in [4.78, 5) is 17.3. The highest BCUT2D eigenvalue weighted by Crippen LogP contribution is 2.27. The molecule has 128 valence electrons. The molecule has 7 heteroatoms. The van der Waals surface area contributed by atoms with Gasteiger partial charge in [-0.3, -0.25) is 0 Å². The van der Waals surface area contributed by atoms with Crippen molar-refractivity contribution in [2.45, 2.75) is 13.5 Å². The number of aryl methyl sites for hydroxylation is 1. The minimum Gasteiger partial charge on any atom is -0.333 e. The Morgan fingerprint density at radius 3 is 2.68 bits per heavy atom. The van der Waals surface area contributed by atoms with E-state index < -0.39 is 17.7 Å². The normalized spacial score (nSPS) is 10.5. The van der Waals surface area contributed by atoms with Crippen LogP contribution in [0.4, 0.5) is 19.3 Å². The van der Waals surface area contributed by atoms with Gasteiger partial charge in [0.1, 0.15) is 16.6 Å². The van der Waals surface area contributed by atoms with Crippen LogP contribution >= 0.6 is 11.3 Å². The monoisotopic (exact) mass is 359 g/mol. The minimum atomic E-state index is -0.697. The van der Waals surface area contributed by atoms with E-state index in [1.54, 1.807) is 0 Å². The van der Waals surface area contributed by atoms with Gasteiger partial charge in [0.05, 0.1) is 17.9 Å². The number of urea groups is 1. The molecule has 2 aromatic carbocycles. The first kappa shape index (κ1) is 17.0. The molecule has 0 atom stereocenters. The lowest BCUT2D eigenvalue weighted by atomic mass is 10.2. The maximum absolute atomic E-state index is 13.5. The fourth-order valence-corrected chi connectivity index (χ4v) is 3.22. The van der Waals surface area contributed by atoms with Gasteiger partial charge in [-0.25, -0.2) is 18.6 Å². The number of carbonyl (C=O) groups is 1. The summed E-state index contributed by atoms with van der Waals surface area (Å²) in [6, 6.07) is 12.0. The predicted molar refractivity (Wildman–Crippen MR) is 94.5 cm³/mol. The Morgan fingerprint density at radius 1 is 1.16 bits per heavy atom. The fourth-order valence-electron chi connectivity index (χ4n) is 2.22. The van der Waals surface area contributed by atoms with E-state index in [0.29, 0.717) is 0 Å². The lowest BCUT2D eigenvalue weighted by Crippen LogP contribution is -2.28. The Hall–Kier alpha value is -2.80. The summed E-state index contributed by atoms with van der Waals surface area (Å²) in [5, 5.41) is 5.80. The number of anilines is 1. The number of rotatable bonds is 4. The highest BCUT2D eigenvalue weighted by molar-refractivity contribution is 7.15. The molecular formula is C18H15F2N3OS. The van der Waals surface area contributed by atoms with Crippen LogP contribution in [0, 0.1) is 18.6 Å². The molecule has 1 heterocycles. The van der Waals surface area contributed by atoms with Gasteiger partial charge >= 0.3 is 6.03 Å². The molecule has 0 aliphatic carbocycles. The van der Waals surface area contributed by atoms with Crippen molar-refractivity contribution in [3.05, 3.63) is 70.7 Å². The van der Waals surface area contributed by atoms with Gasteiger partial charge in [-0.1, -0.05) is 30.3 Å². The molecule has 2 N–H and O–H groups in total. The molecular weight excluding hydrogens is 344 g/mol. The molecule has 1 aromatic heterocycles. The molecule has 4 nitrogen and oxygen atoms in total. The summed E-state index contributed by atoms with van der Waals surface area (Å²) in [7, 11) is 0. The van der Waals surface area contributed by atoms with Crippen molar-refractivity contribution in [3.8, 4) is 10.6 Å².